The van der Waals surface area contributed by atoms with Gasteiger partial charge in [-0.15, -0.1) is 9.24 Å². The molecule has 3 aromatic rings. The lowest BCUT2D eigenvalue weighted by Crippen LogP contribution is -2.34. The van der Waals surface area contributed by atoms with Gasteiger partial charge in [0.15, 0.2) is 6.61 Å². The molecule has 3 aromatic carbocycles. The first kappa shape index (κ1) is 17.4. The lowest BCUT2D eigenvalue weighted by molar-refractivity contribution is -0.121. The smallest absolute Gasteiger partial charge is 0.271 e. The summed E-state index contributed by atoms with van der Waals surface area (Å²) in [7, 11) is -1.44. The molecule has 0 aromatic heterocycles. The molecule has 25 heavy (non-hydrogen) atoms. The first-order valence-corrected chi connectivity index (χ1v) is 9.53. The molecule has 0 aliphatic heterocycles. The van der Waals surface area contributed by atoms with Gasteiger partial charge in [-0.1, -0.05) is 42.5 Å². The van der Waals surface area contributed by atoms with Crippen LogP contribution >= 0.6 is 9.24 Å². The van der Waals surface area contributed by atoms with Crippen LogP contribution in [0.25, 0.3) is 10.8 Å². The molecule has 1 unspecified atom stereocenters. The van der Waals surface area contributed by atoms with Crippen molar-refractivity contribution < 1.29 is 17.9 Å². The third-order valence-corrected chi connectivity index (χ3v) is 5.30. The second-order valence-electron chi connectivity index (χ2n) is 5.40. The molecule has 1 atom stereocenters. The van der Waals surface area contributed by atoms with Gasteiger partial charge in [0.1, 0.15) is 5.75 Å². The molecule has 0 radical (unpaired) electrons. The molecule has 0 spiro atoms. The number of hydrogen-bond donors (Lipinski definition) is 1. The van der Waals surface area contributed by atoms with Crippen LogP contribution in [0.5, 0.6) is 5.75 Å². The predicted molar refractivity (Wildman–Crippen MR) is 101 cm³/mol. The third kappa shape index (κ3) is 4.35. The Morgan fingerprint density at radius 1 is 0.960 bits per heavy atom. The van der Waals surface area contributed by atoms with E-state index in [0.717, 1.165) is 16.1 Å². The minimum Gasteiger partial charge on any atom is -0.484 e. The van der Waals surface area contributed by atoms with E-state index in [0.29, 0.717) is 5.75 Å². The first-order valence-electron chi connectivity index (χ1n) is 7.47. The number of amides is 1. The van der Waals surface area contributed by atoms with Crippen LogP contribution in [0.1, 0.15) is 0 Å². The Kier molecular flexibility index (Phi) is 5.02. The SMILES string of the molecule is O=C(COc1ccc2ccccc2c1)NS(=O)(=O)c1ccc(P)cc1. The van der Waals surface area contributed by atoms with E-state index < -0.39 is 15.9 Å². The Morgan fingerprint density at radius 3 is 2.36 bits per heavy atom. The first-order chi connectivity index (χ1) is 11.9. The van der Waals surface area contributed by atoms with Gasteiger partial charge in [0, 0.05) is 0 Å². The Hall–Kier alpha value is -2.43. The maximum Gasteiger partial charge on any atom is 0.271 e. The zero-order valence-electron chi connectivity index (χ0n) is 13.2. The molecule has 1 N–H and O–H groups in total. The lowest BCUT2D eigenvalue weighted by atomic mass is 10.1. The molecule has 1 amide bonds. The molecule has 0 fully saturated rings. The van der Waals surface area contributed by atoms with E-state index in [-0.39, 0.29) is 11.5 Å². The number of rotatable bonds is 5. The van der Waals surface area contributed by atoms with Crippen molar-refractivity contribution >= 4 is 41.2 Å². The summed E-state index contributed by atoms with van der Waals surface area (Å²) in [6, 6.07) is 19.3. The Bertz CT molecular complexity index is 1020. The summed E-state index contributed by atoms with van der Waals surface area (Å²) in [5.74, 6) is -0.235. The molecule has 0 bridgehead atoms. The highest BCUT2D eigenvalue weighted by atomic mass is 32.2. The molecule has 128 valence electrons. The maximum absolute atomic E-state index is 12.1. The van der Waals surface area contributed by atoms with Gasteiger partial charge in [-0.25, -0.2) is 13.1 Å². The molecule has 0 saturated carbocycles. The second-order valence-corrected chi connectivity index (χ2v) is 7.74. The second kappa shape index (κ2) is 7.21. The normalized spacial score (nSPS) is 11.2. The van der Waals surface area contributed by atoms with Crippen molar-refractivity contribution in [2.45, 2.75) is 4.90 Å². The highest BCUT2D eigenvalue weighted by Gasteiger charge is 2.17. The van der Waals surface area contributed by atoms with Gasteiger partial charge in [-0.05, 0) is 40.3 Å². The van der Waals surface area contributed by atoms with Crippen molar-refractivity contribution in [2.24, 2.45) is 0 Å². The maximum atomic E-state index is 12.1. The third-order valence-electron chi connectivity index (χ3n) is 3.53. The molecular formula is C18H16NO4PS. The molecule has 0 aliphatic carbocycles. The molecule has 3 rings (SSSR count). The van der Waals surface area contributed by atoms with E-state index in [1.807, 2.05) is 35.1 Å². The molecule has 7 heteroatoms. The Morgan fingerprint density at radius 2 is 1.64 bits per heavy atom. The van der Waals surface area contributed by atoms with Gasteiger partial charge in [0.25, 0.3) is 15.9 Å². The highest BCUT2D eigenvalue weighted by Crippen LogP contribution is 2.20. The topological polar surface area (TPSA) is 72.5 Å². The summed E-state index contributed by atoms with van der Waals surface area (Å²) in [5.41, 5.74) is 0. The van der Waals surface area contributed by atoms with Gasteiger partial charge in [-0.3, -0.25) is 4.79 Å². The van der Waals surface area contributed by atoms with E-state index in [4.69, 9.17) is 4.74 Å². The average Bonchev–Trinajstić information content (AvgIpc) is 2.60. The fourth-order valence-corrected chi connectivity index (χ4v) is 3.45. The van der Waals surface area contributed by atoms with E-state index >= 15 is 0 Å². The van der Waals surface area contributed by atoms with Gasteiger partial charge in [0.05, 0.1) is 4.90 Å². The Balaban J connectivity index is 1.64. The van der Waals surface area contributed by atoms with Crippen LogP contribution in [0.2, 0.25) is 0 Å². The number of benzene rings is 3. The minimum absolute atomic E-state index is 0.0257. The van der Waals surface area contributed by atoms with Gasteiger partial charge in [0.2, 0.25) is 0 Å². The van der Waals surface area contributed by atoms with Crippen molar-refractivity contribution in [1.29, 1.82) is 0 Å². The van der Waals surface area contributed by atoms with Crippen molar-refractivity contribution in [3.8, 4) is 5.75 Å². The number of carbonyl (C=O) groups excluding carboxylic acids is 1. The monoisotopic (exact) mass is 373 g/mol. The fraction of sp³-hybridized carbons (Fsp3) is 0.0556. The number of carbonyl (C=O) groups is 1. The van der Waals surface area contributed by atoms with Crippen LogP contribution in [0.15, 0.2) is 71.6 Å². The minimum atomic E-state index is -3.90. The molecule has 0 heterocycles. The average molecular weight is 373 g/mol. The quantitative estimate of drug-likeness (QED) is 0.696. The zero-order valence-corrected chi connectivity index (χ0v) is 15.1. The standard InChI is InChI=1S/C18H16NO4PS/c20-18(19-25(21,22)17-9-7-16(24)8-10-17)12-23-15-6-5-13-3-1-2-4-14(13)11-15/h1-11H,12,24H2,(H,19,20). The number of ether oxygens (including phenoxy) is 1. The van der Waals surface area contributed by atoms with Crippen LogP contribution in [-0.4, -0.2) is 20.9 Å². The summed E-state index contributed by atoms with van der Waals surface area (Å²) in [4.78, 5) is 11.9. The summed E-state index contributed by atoms with van der Waals surface area (Å²) in [5, 5.41) is 2.88. The fourth-order valence-electron chi connectivity index (χ4n) is 2.29. The van der Waals surface area contributed by atoms with Crippen LogP contribution in [0, 0.1) is 0 Å². The Labute approximate surface area is 148 Å². The number of hydrogen-bond acceptors (Lipinski definition) is 4. The summed E-state index contributed by atoms with van der Waals surface area (Å²) in [6.45, 7) is -0.390. The van der Waals surface area contributed by atoms with Gasteiger partial charge in [-0.2, -0.15) is 0 Å². The van der Waals surface area contributed by atoms with E-state index in [2.05, 4.69) is 9.24 Å². The van der Waals surface area contributed by atoms with Crippen LogP contribution < -0.4 is 14.8 Å². The summed E-state index contributed by atoms with van der Waals surface area (Å²) < 4.78 is 31.7. The van der Waals surface area contributed by atoms with Crippen molar-refractivity contribution in [3.63, 3.8) is 0 Å². The van der Waals surface area contributed by atoms with Crippen molar-refractivity contribution in [1.82, 2.24) is 4.72 Å². The molecule has 0 saturated heterocycles. The summed E-state index contributed by atoms with van der Waals surface area (Å²) in [6.07, 6.45) is 0. The largest absolute Gasteiger partial charge is 0.484 e. The molecule has 5 nitrogen and oxygen atoms in total. The van der Waals surface area contributed by atoms with Crippen LogP contribution in [0.3, 0.4) is 0 Å². The van der Waals surface area contributed by atoms with Gasteiger partial charge < -0.3 is 4.74 Å². The highest BCUT2D eigenvalue weighted by molar-refractivity contribution is 7.90. The molecular weight excluding hydrogens is 357 g/mol. The van der Waals surface area contributed by atoms with E-state index in [1.54, 1.807) is 24.3 Å². The van der Waals surface area contributed by atoms with Crippen LogP contribution in [0.4, 0.5) is 0 Å². The number of fused-ring (bicyclic) bond motifs is 1. The van der Waals surface area contributed by atoms with E-state index in [1.165, 1.54) is 12.1 Å². The van der Waals surface area contributed by atoms with Gasteiger partial charge >= 0.3 is 0 Å². The van der Waals surface area contributed by atoms with Crippen LogP contribution in [-0.2, 0) is 14.8 Å². The van der Waals surface area contributed by atoms with Crippen molar-refractivity contribution in [2.75, 3.05) is 6.61 Å². The summed E-state index contributed by atoms with van der Waals surface area (Å²) >= 11 is 0. The van der Waals surface area contributed by atoms with E-state index in [9.17, 15) is 13.2 Å². The van der Waals surface area contributed by atoms with Crippen molar-refractivity contribution in [3.05, 3.63) is 66.7 Å². The predicted octanol–water partition coefficient (Wildman–Crippen LogP) is 2.22. The lowest BCUT2D eigenvalue weighted by Gasteiger charge is -2.09. The zero-order chi connectivity index (χ0) is 17.9. The number of sulfonamides is 1. The molecule has 0 aliphatic rings. The number of nitrogens with one attached hydrogen (secondary N) is 1.